The quantitative estimate of drug-likeness (QED) is 0.748. The normalized spacial score (nSPS) is 28.9. The molecule has 0 spiro atoms. The molecule has 1 aliphatic heterocycles. The highest BCUT2D eigenvalue weighted by Gasteiger charge is 2.60. The smallest absolute Gasteiger partial charge is 0.235 e. The fourth-order valence-corrected chi connectivity index (χ4v) is 5.58. The van der Waals surface area contributed by atoms with Crippen LogP contribution in [0.1, 0.15) is 61.8 Å². The maximum Gasteiger partial charge on any atom is 0.235 e. The molecule has 1 heterocycles. The van der Waals surface area contributed by atoms with Gasteiger partial charge in [0.2, 0.25) is 6.34 Å². The summed E-state index contributed by atoms with van der Waals surface area (Å²) in [5, 5.41) is 0. The van der Waals surface area contributed by atoms with Gasteiger partial charge in [0.1, 0.15) is 12.1 Å². The van der Waals surface area contributed by atoms with Crippen molar-refractivity contribution in [1.82, 2.24) is 4.90 Å². The van der Waals surface area contributed by atoms with E-state index in [1.54, 1.807) is 22.3 Å². The lowest BCUT2D eigenvalue weighted by atomic mass is 9.59. The van der Waals surface area contributed by atoms with Gasteiger partial charge < -0.3 is 0 Å². The van der Waals surface area contributed by atoms with E-state index in [2.05, 4.69) is 92.0 Å². The van der Waals surface area contributed by atoms with E-state index in [4.69, 9.17) is 0 Å². The summed E-state index contributed by atoms with van der Waals surface area (Å²) in [6.45, 7) is 9.32. The highest BCUT2D eigenvalue weighted by molar-refractivity contribution is 5.63. The Hall–Kier alpha value is -2.09. The van der Waals surface area contributed by atoms with Crippen LogP contribution in [-0.2, 0) is 0 Å². The molecule has 128 valence electrons. The first-order valence-corrected chi connectivity index (χ1v) is 9.67. The van der Waals surface area contributed by atoms with Gasteiger partial charge in [-0.05, 0) is 49.9 Å². The zero-order valence-electron chi connectivity index (χ0n) is 15.6. The lowest BCUT2D eigenvalue weighted by Gasteiger charge is -2.48. The molecule has 3 aliphatic carbocycles. The Balaban J connectivity index is 1.79. The number of rotatable bonds is 2. The van der Waals surface area contributed by atoms with Crippen molar-refractivity contribution in [3.63, 3.8) is 0 Å². The van der Waals surface area contributed by atoms with E-state index >= 15 is 0 Å². The Labute approximate surface area is 150 Å². The zero-order valence-corrected chi connectivity index (χ0v) is 15.6. The summed E-state index contributed by atoms with van der Waals surface area (Å²) in [7, 11) is 0. The van der Waals surface area contributed by atoms with Crippen molar-refractivity contribution < 1.29 is 4.58 Å². The maximum atomic E-state index is 2.63. The van der Waals surface area contributed by atoms with Gasteiger partial charge in [0.05, 0.1) is 23.9 Å². The molecule has 0 N–H and O–H groups in total. The second-order valence-corrected chi connectivity index (χ2v) is 8.39. The third-order valence-electron chi connectivity index (χ3n) is 6.51. The molecule has 2 atom stereocenters. The Kier molecular flexibility index (Phi) is 3.16. The average molecular weight is 331 g/mol. The number of benzene rings is 2. The van der Waals surface area contributed by atoms with Gasteiger partial charge >= 0.3 is 0 Å². The Morgan fingerprint density at radius 1 is 0.760 bits per heavy atom. The first-order valence-electron chi connectivity index (χ1n) is 9.67. The molecule has 2 nitrogen and oxygen atoms in total. The van der Waals surface area contributed by atoms with Crippen LogP contribution in [0.25, 0.3) is 0 Å². The molecule has 2 aromatic rings. The van der Waals surface area contributed by atoms with E-state index in [1.807, 2.05) is 0 Å². The van der Waals surface area contributed by atoms with Crippen molar-refractivity contribution in [2.24, 2.45) is 0 Å². The molecule has 0 saturated carbocycles. The van der Waals surface area contributed by atoms with Crippen LogP contribution in [0.15, 0.2) is 48.5 Å². The van der Waals surface area contributed by atoms with Crippen molar-refractivity contribution in [2.45, 2.75) is 63.7 Å². The van der Waals surface area contributed by atoms with E-state index in [-0.39, 0.29) is 0 Å². The summed E-state index contributed by atoms with van der Waals surface area (Å²) < 4.78 is 2.63. The number of hydrogen-bond donors (Lipinski definition) is 0. The fraction of sp³-hybridized carbons (Fsp3) is 0.435. The summed E-state index contributed by atoms with van der Waals surface area (Å²) in [5.41, 5.74) is 6.21. The standard InChI is InChI=1S/C23H27N2/c1-14(2)24-13-25(15(3)4)23-21-18-11-7-5-9-16(18)20(22(23)24)17-10-6-8-12-19(17)21/h5-15,20-23H,1-4H3/q+1. The van der Waals surface area contributed by atoms with E-state index in [0.717, 1.165) is 0 Å². The van der Waals surface area contributed by atoms with Crippen LogP contribution in [-0.4, -0.2) is 40.0 Å². The predicted molar refractivity (Wildman–Crippen MR) is 103 cm³/mol. The fourth-order valence-electron chi connectivity index (χ4n) is 5.58. The van der Waals surface area contributed by atoms with Crippen LogP contribution in [0.2, 0.25) is 0 Å². The van der Waals surface area contributed by atoms with E-state index in [0.29, 0.717) is 36.0 Å². The van der Waals surface area contributed by atoms with Crippen molar-refractivity contribution in [2.75, 3.05) is 0 Å². The number of nitrogens with zero attached hydrogens (tertiary/aromatic N) is 2. The molecule has 25 heavy (non-hydrogen) atoms. The van der Waals surface area contributed by atoms with Crippen LogP contribution >= 0.6 is 0 Å². The number of hydrogen-bond acceptors (Lipinski definition) is 1. The van der Waals surface area contributed by atoms with Gasteiger partial charge in [-0.2, -0.15) is 0 Å². The Morgan fingerprint density at radius 3 is 1.68 bits per heavy atom. The van der Waals surface area contributed by atoms with Crippen molar-refractivity contribution in [3.8, 4) is 0 Å². The van der Waals surface area contributed by atoms with Gasteiger partial charge in [0.25, 0.3) is 0 Å². The summed E-state index contributed by atoms with van der Waals surface area (Å²) in [5.74, 6) is 0.953. The van der Waals surface area contributed by atoms with E-state index in [1.165, 1.54) is 0 Å². The Morgan fingerprint density at radius 2 is 1.24 bits per heavy atom. The predicted octanol–water partition coefficient (Wildman–Crippen LogP) is 4.19. The lowest BCUT2D eigenvalue weighted by molar-refractivity contribution is -0.588. The molecule has 0 radical (unpaired) electrons. The molecule has 2 bridgehead atoms. The van der Waals surface area contributed by atoms with Gasteiger partial charge in [-0.1, -0.05) is 48.5 Å². The SMILES string of the molecule is CC(C)N1C=[N+](C(C)C)C2C3c4ccccc4C(c4ccccc43)C21. The molecule has 0 saturated heterocycles. The van der Waals surface area contributed by atoms with Gasteiger partial charge in [0.15, 0.2) is 0 Å². The van der Waals surface area contributed by atoms with Crippen LogP contribution in [0.4, 0.5) is 0 Å². The summed E-state index contributed by atoms with van der Waals surface area (Å²) in [6, 6.07) is 20.5. The van der Waals surface area contributed by atoms with E-state index < -0.39 is 0 Å². The first kappa shape index (κ1) is 15.2. The molecule has 0 fully saturated rings. The third kappa shape index (κ3) is 1.88. The minimum atomic E-state index is 0.477. The van der Waals surface area contributed by atoms with Crippen molar-refractivity contribution in [3.05, 3.63) is 70.8 Å². The molecule has 0 amide bonds. The second kappa shape index (κ2) is 5.20. The molecule has 6 rings (SSSR count). The van der Waals surface area contributed by atoms with Gasteiger partial charge in [-0.15, -0.1) is 0 Å². The zero-order chi connectivity index (χ0) is 17.3. The van der Waals surface area contributed by atoms with Gasteiger partial charge in [0, 0.05) is 0 Å². The molecular formula is C23H27N2+. The molecule has 2 heteroatoms. The first-order chi connectivity index (χ1) is 12.1. The van der Waals surface area contributed by atoms with E-state index in [9.17, 15) is 0 Å². The summed E-state index contributed by atoms with van der Waals surface area (Å²) in [6.07, 6.45) is 2.43. The van der Waals surface area contributed by atoms with Gasteiger partial charge in [-0.25, -0.2) is 0 Å². The molecular weight excluding hydrogens is 304 g/mol. The van der Waals surface area contributed by atoms with Crippen LogP contribution in [0.5, 0.6) is 0 Å². The van der Waals surface area contributed by atoms with Gasteiger partial charge in [-0.3, -0.25) is 9.48 Å². The topological polar surface area (TPSA) is 6.25 Å². The minimum Gasteiger partial charge on any atom is -0.258 e. The third-order valence-corrected chi connectivity index (χ3v) is 6.51. The van der Waals surface area contributed by atoms with Crippen molar-refractivity contribution in [1.29, 1.82) is 0 Å². The molecule has 2 aromatic carbocycles. The summed E-state index contributed by atoms with van der Waals surface area (Å²) in [4.78, 5) is 2.63. The molecule has 4 aliphatic rings. The van der Waals surface area contributed by atoms with Crippen LogP contribution in [0, 0.1) is 0 Å². The lowest BCUT2D eigenvalue weighted by Crippen LogP contribution is -2.55. The monoisotopic (exact) mass is 331 g/mol. The van der Waals surface area contributed by atoms with Crippen LogP contribution < -0.4 is 0 Å². The second-order valence-electron chi connectivity index (χ2n) is 8.39. The van der Waals surface area contributed by atoms with Crippen molar-refractivity contribution >= 4 is 6.34 Å². The highest BCUT2D eigenvalue weighted by Crippen LogP contribution is 2.56. The average Bonchev–Trinajstić information content (AvgIpc) is 3.03. The molecule has 2 unspecified atom stereocenters. The summed E-state index contributed by atoms with van der Waals surface area (Å²) >= 11 is 0. The van der Waals surface area contributed by atoms with Crippen LogP contribution in [0.3, 0.4) is 0 Å². The molecule has 0 aromatic heterocycles. The minimum absolute atomic E-state index is 0.477. The Bertz CT molecular complexity index is 816. The largest absolute Gasteiger partial charge is 0.258 e. The maximum absolute atomic E-state index is 2.63. The highest BCUT2D eigenvalue weighted by atomic mass is 15.3.